The van der Waals surface area contributed by atoms with Crippen molar-refractivity contribution in [3.63, 3.8) is 0 Å². The number of carbonyl (C=O) groups is 2. The molecule has 0 bridgehead atoms. The Morgan fingerprint density at radius 3 is 2.53 bits per heavy atom. The molecule has 2 aliphatic heterocycles. The van der Waals surface area contributed by atoms with Crippen LogP contribution in [-0.4, -0.2) is 46.1 Å². The summed E-state index contributed by atoms with van der Waals surface area (Å²) in [5.74, 6) is -1.07. The van der Waals surface area contributed by atoms with Gasteiger partial charge < -0.3 is 14.7 Å². The molecule has 0 spiro atoms. The lowest BCUT2D eigenvalue weighted by Gasteiger charge is -2.41. The number of hydrazine groups is 1. The molecule has 3 aromatic carbocycles. The molecule has 7 heteroatoms. The Labute approximate surface area is 210 Å². The summed E-state index contributed by atoms with van der Waals surface area (Å²) >= 11 is 0. The first-order valence-electron chi connectivity index (χ1n) is 12.0. The van der Waals surface area contributed by atoms with Gasteiger partial charge in [-0.25, -0.2) is 10.2 Å². The molecule has 184 valence electrons. The van der Waals surface area contributed by atoms with Crippen LogP contribution in [0.4, 0.5) is 0 Å². The molecule has 3 aromatic rings. The number of piperazine rings is 1. The highest BCUT2D eigenvalue weighted by Crippen LogP contribution is 2.31. The molecule has 2 N–H and O–H groups in total. The van der Waals surface area contributed by atoms with Crippen molar-refractivity contribution in [2.24, 2.45) is 0 Å². The molecule has 2 heterocycles. The number of ether oxygens (including phenoxy) is 1. The molecule has 0 saturated carbocycles. The van der Waals surface area contributed by atoms with E-state index in [9.17, 15) is 14.7 Å². The van der Waals surface area contributed by atoms with E-state index < -0.39 is 5.97 Å². The van der Waals surface area contributed by atoms with Crippen LogP contribution in [0.1, 0.15) is 38.7 Å². The number of aryl methyl sites for hydroxylation is 1. The molecule has 1 amide bonds. The van der Waals surface area contributed by atoms with E-state index in [-0.39, 0.29) is 23.6 Å². The van der Waals surface area contributed by atoms with Crippen LogP contribution in [-0.2, 0) is 22.7 Å². The van der Waals surface area contributed by atoms with Gasteiger partial charge in [-0.3, -0.25) is 9.80 Å². The summed E-state index contributed by atoms with van der Waals surface area (Å²) in [6, 6.07) is 24.8. The van der Waals surface area contributed by atoms with E-state index in [1.54, 1.807) is 23.1 Å². The van der Waals surface area contributed by atoms with E-state index in [1.807, 2.05) is 47.5 Å². The van der Waals surface area contributed by atoms with Crippen molar-refractivity contribution in [1.82, 2.24) is 15.3 Å². The van der Waals surface area contributed by atoms with Crippen molar-refractivity contribution >= 4 is 11.9 Å². The van der Waals surface area contributed by atoms with Crippen molar-refractivity contribution in [3.8, 4) is 0 Å². The quantitative estimate of drug-likeness (QED) is 0.503. The van der Waals surface area contributed by atoms with Crippen LogP contribution in [0.25, 0.3) is 0 Å². The van der Waals surface area contributed by atoms with Gasteiger partial charge in [0.05, 0.1) is 30.9 Å². The average Bonchev–Trinajstić information content (AvgIpc) is 3.34. The van der Waals surface area contributed by atoms with Gasteiger partial charge in [0.25, 0.3) is 5.91 Å². The lowest BCUT2D eigenvalue weighted by Crippen LogP contribution is -2.58. The van der Waals surface area contributed by atoms with Gasteiger partial charge in [-0.2, -0.15) is 0 Å². The zero-order valence-electron chi connectivity index (χ0n) is 20.1. The van der Waals surface area contributed by atoms with Crippen molar-refractivity contribution in [3.05, 3.63) is 118 Å². The summed E-state index contributed by atoms with van der Waals surface area (Å²) in [6.45, 7) is 3.75. The molecule has 2 aliphatic rings. The zero-order chi connectivity index (χ0) is 25.1. The first-order chi connectivity index (χ1) is 17.5. The molecular formula is C29H29N3O4. The van der Waals surface area contributed by atoms with Crippen LogP contribution in [0.15, 0.2) is 90.6 Å². The first kappa shape index (κ1) is 23.8. The first-order valence-corrected chi connectivity index (χ1v) is 12.0. The van der Waals surface area contributed by atoms with E-state index in [4.69, 9.17) is 4.74 Å². The van der Waals surface area contributed by atoms with Crippen LogP contribution in [0.5, 0.6) is 0 Å². The highest BCUT2D eigenvalue weighted by Gasteiger charge is 2.41. The van der Waals surface area contributed by atoms with E-state index in [0.29, 0.717) is 32.0 Å². The largest absolute Gasteiger partial charge is 0.478 e. The number of nitrogens with zero attached hydrogens (tertiary/aromatic N) is 2. The number of nitrogens with one attached hydrogen (secondary N) is 1. The summed E-state index contributed by atoms with van der Waals surface area (Å²) in [5.41, 5.74) is 8.44. The van der Waals surface area contributed by atoms with Gasteiger partial charge in [0.1, 0.15) is 5.70 Å². The number of benzene rings is 3. The Kier molecular flexibility index (Phi) is 6.84. The van der Waals surface area contributed by atoms with Crippen molar-refractivity contribution in [2.45, 2.75) is 32.2 Å². The Balaban J connectivity index is 1.37. The Hall–Kier alpha value is -3.94. The number of carboxylic acids is 1. The zero-order valence-corrected chi connectivity index (χ0v) is 20.1. The normalized spacial score (nSPS) is 19.2. The van der Waals surface area contributed by atoms with Crippen LogP contribution in [0.3, 0.4) is 0 Å². The molecule has 2 unspecified atom stereocenters. The number of amides is 1. The maximum absolute atomic E-state index is 13.5. The minimum atomic E-state index is -0.983. The van der Waals surface area contributed by atoms with E-state index in [1.165, 1.54) is 5.56 Å². The van der Waals surface area contributed by atoms with Crippen molar-refractivity contribution in [1.29, 1.82) is 0 Å². The topological polar surface area (TPSA) is 82.1 Å². The van der Waals surface area contributed by atoms with Gasteiger partial charge in [-0.1, -0.05) is 72.3 Å². The summed E-state index contributed by atoms with van der Waals surface area (Å²) in [4.78, 5) is 26.7. The second-order valence-corrected chi connectivity index (χ2v) is 9.29. The highest BCUT2D eigenvalue weighted by atomic mass is 16.5. The fourth-order valence-corrected chi connectivity index (χ4v) is 4.67. The Bertz CT molecular complexity index is 1270. The van der Waals surface area contributed by atoms with Gasteiger partial charge in [-0.15, -0.1) is 0 Å². The van der Waals surface area contributed by atoms with E-state index in [2.05, 4.69) is 36.6 Å². The molecule has 0 aromatic heterocycles. The standard InChI is InChI=1S/C29H29N3O4/c1-20-10-12-23(13-11-20)26-15-27-28(33)31(16-22-8-5-9-24(14-22)29(34)35)17-25(32(27)30-26)19-36-18-21-6-3-2-4-7-21/h2-15,25-26,30H,16-19H2,1H3,(H,34,35). The number of carboxylic acid groups (broad SMARTS) is 1. The number of rotatable bonds is 8. The minimum Gasteiger partial charge on any atom is -0.478 e. The van der Waals surface area contributed by atoms with Crippen molar-refractivity contribution < 1.29 is 19.4 Å². The van der Waals surface area contributed by atoms with Crippen LogP contribution in [0, 0.1) is 6.92 Å². The molecule has 5 rings (SSSR count). The second-order valence-electron chi connectivity index (χ2n) is 9.29. The van der Waals surface area contributed by atoms with Gasteiger partial charge in [0.2, 0.25) is 0 Å². The third-order valence-corrected chi connectivity index (χ3v) is 6.57. The van der Waals surface area contributed by atoms with Gasteiger partial charge >= 0.3 is 5.97 Å². The minimum absolute atomic E-state index is 0.0860. The number of hydrogen-bond acceptors (Lipinski definition) is 5. The van der Waals surface area contributed by atoms with Crippen LogP contribution in [0.2, 0.25) is 0 Å². The second kappa shape index (κ2) is 10.4. The molecule has 2 atom stereocenters. The molecule has 36 heavy (non-hydrogen) atoms. The number of hydrogen-bond donors (Lipinski definition) is 2. The van der Waals surface area contributed by atoms with Crippen LogP contribution >= 0.6 is 0 Å². The summed E-state index contributed by atoms with van der Waals surface area (Å²) in [6.07, 6.45) is 1.97. The van der Waals surface area contributed by atoms with Gasteiger partial charge in [0, 0.05) is 13.1 Å². The Morgan fingerprint density at radius 2 is 1.78 bits per heavy atom. The van der Waals surface area contributed by atoms with Gasteiger partial charge in [0.15, 0.2) is 0 Å². The fourth-order valence-electron chi connectivity index (χ4n) is 4.67. The van der Waals surface area contributed by atoms with Crippen molar-refractivity contribution in [2.75, 3.05) is 13.2 Å². The summed E-state index contributed by atoms with van der Waals surface area (Å²) in [5, 5.41) is 11.3. The Morgan fingerprint density at radius 1 is 1.03 bits per heavy atom. The average molecular weight is 484 g/mol. The molecule has 1 fully saturated rings. The lowest BCUT2D eigenvalue weighted by atomic mass is 10.0. The molecule has 7 nitrogen and oxygen atoms in total. The molecule has 1 saturated heterocycles. The smallest absolute Gasteiger partial charge is 0.335 e. The monoisotopic (exact) mass is 483 g/mol. The maximum Gasteiger partial charge on any atom is 0.335 e. The third kappa shape index (κ3) is 5.17. The molecule has 0 aliphatic carbocycles. The predicted octanol–water partition coefficient (Wildman–Crippen LogP) is 4.07. The number of carbonyl (C=O) groups excluding carboxylic acids is 1. The molecule has 0 radical (unpaired) electrons. The predicted molar refractivity (Wildman–Crippen MR) is 136 cm³/mol. The van der Waals surface area contributed by atoms with E-state index in [0.717, 1.165) is 16.7 Å². The molecular weight excluding hydrogens is 454 g/mol. The van der Waals surface area contributed by atoms with Crippen LogP contribution < -0.4 is 5.43 Å². The SMILES string of the molecule is Cc1ccc(C2C=C3C(=O)N(Cc4cccc(C(=O)O)c4)CC(COCc4ccccc4)N3N2)cc1. The summed E-state index contributed by atoms with van der Waals surface area (Å²) in [7, 11) is 0. The fraction of sp³-hybridized carbons (Fsp3) is 0.241. The maximum atomic E-state index is 13.5. The van der Waals surface area contributed by atoms with E-state index >= 15 is 0 Å². The van der Waals surface area contributed by atoms with Gasteiger partial charge in [-0.05, 0) is 41.8 Å². The summed E-state index contributed by atoms with van der Waals surface area (Å²) < 4.78 is 6.08. The third-order valence-electron chi connectivity index (χ3n) is 6.57. The number of fused-ring (bicyclic) bond motifs is 1. The highest BCUT2D eigenvalue weighted by molar-refractivity contribution is 5.94. The lowest BCUT2D eigenvalue weighted by molar-refractivity contribution is -0.136. The number of aromatic carboxylic acids is 1.